The quantitative estimate of drug-likeness (QED) is 0.192. The summed E-state index contributed by atoms with van der Waals surface area (Å²) in [5.74, 6) is -0.118. The van der Waals surface area contributed by atoms with Gasteiger partial charge in [0.25, 0.3) is 0 Å². The molecule has 1 saturated carbocycles. The zero-order valence-electron chi connectivity index (χ0n) is 16.2. The van der Waals surface area contributed by atoms with Gasteiger partial charge in [-0.15, -0.1) is 11.6 Å². The first-order valence-corrected chi connectivity index (χ1v) is 11.0. The SMILES string of the molecule is O=C(CCC/C=C\C[C@@H]1[C@@H](CNc2cc(Cl)cc(Cl)c2)[C@H](O)C[C@H]1Cl)OCCO. The lowest BCUT2D eigenvalue weighted by Gasteiger charge is -2.23. The van der Waals surface area contributed by atoms with Crippen LogP contribution in [0.5, 0.6) is 0 Å². The van der Waals surface area contributed by atoms with Crippen LogP contribution in [0.15, 0.2) is 30.4 Å². The highest BCUT2D eigenvalue weighted by Gasteiger charge is 2.40. The summed E-state index contributed by atoms with van der Waals surface area (Å²) in [5, 5.41) is 23.4. The van der Waals surface area contributed by atoms with Gasteiger partial charge < -0.3 is 20.3 Å². The number of unbranched alkanes of at least 4 members (excludes halogenated alkanes) is 1. The summed E-state index contributed by atoms with van der Waals surface area (Å²) in [5.41, 5.74) is 0.815. The van der Waals surface area contributed by atoms with Gasteiger partial charge in [0.2, 0.25) is 0 Å². The summed E-state index contributed by atoms with van der Waals surface area (Å²) < 4.78 is 4.82. The minimum absolute atomic E-state index is 0.0216. The molecule has 5 nitrogen and oxygen atoms in total. The standard InChI is InChI=1S/C21H28Cl3NO4/c22-14-9-15(23)11-16(10-14)25-13-18-17(19(24)12-20(18)27)5-3-1-2-4-6-21(28)29-8-7-26/h1,3,9-11,17-20,25-27H,2,4-8,12-13H2/b3-1-/t17-,18-,19-,20-/m1/s1. The molecule has 8 heteroatoms. The fraction of sp³-hybridized carbons (Fsp3) is 0.571. The van der Waals surface area contributed by atoms with Crippen LogP contribution in [-0.2, 0) is 9.53 Å². The summed E-state index contributed by atoms with van der Waals surface area (Å²) in [6.07, 6.45) is 6.77. The van der Waals surface area contributed by atoms with E-state index >= 15 is 0 Å². The van der Waals surface area contributed by atoms with Crippen molar-refractivity contribution in [3.63, 3.8) is 0 Å². The van der Waals surface area contributed by atoms with Crippen LogP contribution < -0.4 is 5.32 Å². The normalized spacial score (nSPS) is 24.2. The number of aliphatic hydroxyl groups is 2. The van der Waals surface area contributed by atoms with Crippen molar-refractivity contribution in [1.82, 2.24) is 0 Å². The summed E-state index contributed by atoms with van der Waals surface area (Å²) in [6, 6.07) is 5.27. The molecule has 2 rings (SSSR count). The Balaban J connectivity index is 1.79. The van der Waals surface area contributed by atoms with Crippen molar-refractivity contribution in [2.75, 3.05) is 25.1 Å². The predicted octanol–water partition coefficient (Wildman–Crippen LogP) is 4.66. The molecule has 0 aliphatic heterocycles. The van der Waals surface area contributed by atoms with Crippen LogP contribution in [0.4, 0.5) is 5.69 Å². The Bertz CT molecular complexity index is 666. The van der Waals surface area contributed by atoms with E-state index in [0.717, 1.165) is 18.5 Å². The molecule has 3 N–H and O–H groups in total. The number of benzene rings is 1. The number of allylic oxidation sites excluding steroid dienone is 2. The van der Waals surface area contributed by atoms with Gasteiger partial charge in [0.05, 0.1) is 12.7 Å². The lowest BCUT2D eigenvalue weighted by atomic mass is 9.91. The second-order valence-electron chi connectivity index (χ2n) is 7.23. The number of nitrogens with one attached hydrogen (secondary N) is 1. The Morgan fingerprint density at radius 3 is 2.62 bits per heavy atom. The molecule has 1 aromatic rings. The van der Waals surface area contributed by atoms with E-state index in [2.05, 4.69) is 11.4 Å². The van der Waals surface area contributed by atoms with Gasteiger partial charge in [0.15, 0.2) is 0 Å². The molecule has 1 aliphatic rings. The van der Waals surface area contributed by atoms with Crippen LogP contribution in [-0.4, -0.2) is 47.4 Å². The first-order chi connectivity index (χ1) is 13.9. The molecule has 1 aliphatic carbocycles. The van der Waals surface area contributed by atoms with Crippen molar-refractivity contribution in [3.05, 3.63) is 40.4 Å². The maximum absolute atomic E-state index is 11.4. The van der Waals surface area contributed by atoms with Crippen LogP contribution in [0.1, 0.15) is 32.1 Å². The summed E-state index contributed by atoms with van der Waals surface area (Å²) >= 11 is 18.6. The highest BCUT2D eigenvalue weighted by molar-refractivity contribution is 6.35. The summed E-state index contributed by atoms with van der Waals surface area (Å²) in [4.78, 5) is 11.4. The second kappa shape index (κ2) is 12.7. The number of halogens is 3. The second-order valence-corrected chi connectivity index (χ2v) is 8.66. The predicted molar refractivity (Wildman–Crippen MR) is 118 cm³/mol. The highest BCUT2D eigenvalue weighted by atomic mass is 35.5. The molecule has 1 aromatic carbocycles. The number of aliphatic hydroxyl groups excluding tert-OH is 2. The smallest absolute Gasteiger partial charge is 0.305 e. The Kier molecular flexibility index (Phi) is 10.6. The van der Waals surface area contributed by atoms with Crippen LogP contribution >= 0.6 is 34.8 Å². The monoisotopic (exact) mass is 463 g/mol. The van der Waals surface area contributed by atoms with Gasteiger partial charge in [-0.05, 0) is 49.8 Å². The van der Waals surface area contributed by atoms with Crippen molar-refractivity contribution in [2.45, 2.75) is 43.6 Å². The van der Waals surface area contributed by atoms with E-state index < -0.39 is 6.10 Å². The van der Waals surface area contributed by atoms with Crippen LogP contribution in [0.2, 0.25) is 10.0 Å². The largest absolute Gasteiger partial charge is 0.463 e. The minimum Gasteiger partial charge on any atom is -0.463 e. The van der Waals surface area contributed by atoms with Gasteiger partial charge in [0, 0.05) is 40.0 Å². The zero-order valence-corrected chi connectivity index (χ0v) is 18.5. The molecule has 0 saturated heterocycles. The van der Waals surface area contributed by atoms with E-state index in [1.165, 1.54) is 0 Å². The average Bonchev–Trinajstić information content (AvgIpc) is 2.93. The van der Waals surface area contributed by atoms with Gasteiger partial charge in [-0.3, -0.25) is 4.79 Å². The number of esters is 1. The fourth-order valence-corrected chi connectivity index (χ4v) is 4.60. The van der Waals surface area contributed by atoms with E-state index in [4.69, 9.17) is 44.6 Å². The van der Waals surface area contributed by atoms with E-state index in [-0.39, 0.29) is 36.4 Å². The van der Waals surface area contributed by atoms with Gasteiger partial charge in [-0.2, -0.15) is 0 Å². The third kappa shape index (κ3) is 8.35. The number of alkyl halides is 1. The summed E-state index contributed by atoms with van der Waals surface area (Å²) in [7, 11) is 0. The lowest BCUT2D eigenvalue weighted by Crippen LogP contribution is -2.28. The van der Waals surface area contributed by atoms with Gasteiger partial charge in [0.1, 0.15) is 6.61 Å². The molecule has 0 amide bonds. The lowest BCUT2D eigenvalue weighted by molar-refractivity contribution is -0.144. The first-order valence-electron chi connectivity index (χ1n) is 9.84. The molecule has 29 heavy (non-hydrogen) atoms. The van der Waals surface area contributed by atoms with Crippen LogP contribution in [0, 0.1) is 11.8 Å². The Morgan fingerprint density at radius 2 is 1.93 bits per heavy atom. The van der Waals surface area contributed by atoms with Crippen molar-refractivity contribution in [3.8, 4) is 0 Å². The number of hydrogen-bond acceptors (Lipinski definition) is 5. The maximum Gasteiger partial charge on any atom is 0.305 e. The molecular weight excluding hydrogens is 437 g/mol. The number of hydrogen-bond donors (Lipinski definition) is 3. The molecular formula is C21H28Cl3NO4. The van der Waals surface area contributed by atoms with Crippen LogP contribution in [0.25, 0.3) is 0 Å². The van der Waals surface area contributed by atoms with Crippen molar-refractivity contribution >= 4 is 46.5 Å². The van der Waals surface area contributed by atoms with E-state index in [1.807, 2.05) is 6.08 Å². The van der Waals surface area contributed by atoms with E-state index in [9.17, 15) is 9.90 Å². The maximum atomic E-state index is 11.4. The van der Waals surface area contributed by atoms with Crippen molar-refractivity contribution in [2.24, 2.45) is 11.8 Å². The molecule has 0 radical (unpaired) electrons. The highest BCUT2D eigenvalue weighted by Crippen LogP contribution is 2.39. The summed E-state index contributed by atoms with van der Waals surface area (Å²) in [6.45, 7) is 0.474. The molecule has 0 spiro atoms. The molecule has 4 atom stereocenters. The number of anilines is 1. The molecule has 1 fully saturated rings. The molecule has 0 heterocycles. The molecule has 162 valence electrons. The number of carbonyl (C=O) groups excluding carboxylic acids is 1. The Labute approximate surface area is 187 Å². The van der Waals surface area contributed by atoms with Gasteiger partial charge in [-0.25, -0.2) is 0 Å². The zero-order chi connectivity index (χ0) is 21.2. The van der Waals surface area contributed by atoms with Gasteiger partial charge >= 0.3 is 5.97 Å². The van der Waals surface area contributed by atoms with Crippen molar-refractivity contribution in [1.29, 1.82) is 0 Å². The van der Waals surface area contributed by atoms with Crippen LogP contribution in [0.3, 0.4) is 0 Å². The van der Waals surface area contributed by atoms with E-state index in [0.29, 0.717) is 35.9 Å². The fourth-order valence-electron chi connectivity index (χ4n) is 3.60. The average molecular weight is 465 g/mol. The number of carbonyl (C=O) groups is 1. The topological polar surface area (TPSA) is 78.8 Å². The number of rotatable bonds is 11. The van der Waals surface area contributed by atoms with Gasteiger partial charge in [-0.1, -0.05) is 35.4 Å². The Hall–Kier alpha value is -0.980. The third-order valence-corrected chi connectivity index (χ3v) is 6.00. The Morgan fingerprint density at radius 1 is 1.21 bits per heavy atom. The third-order valence-electron chi connectivity index (χ3n) is 5.06. The van der Waals surface area contributed by atoms with Crippen molar-refractivity contribution < 1.29 is 19.7 Å². The minimum atomic E-state index is -0.459. The molecule has 0 bridgehead atoms. The number of ether oxygens (including phenoxy) is 1. The first kappa shape index (κ1) is 24.3. The molecule has 0 unspecified atom stereocenters. The molecule has 0 aromatic heterocycles. The van der Waals surface area contributed by atoms with E-state index in [1.54, 1.807) is 18.2 Å².